The van der Waals surface area contributed by atoms with Crippen LogP contribution in [0.1, 0.15) is 93.2 Å². The van der Waals surface area contributed by atoms with Crippen LogP contribution >= 0.6 is 34.8 Å². The first kappa shape index (κ1) is 41.5. The Bertz CT molecular complexity index is 1470. The SMILES string of the molecule is CCCN1CCC(c2cccc(Cl)c2N)CC1.CCN1CCC(c2cccc(Cl)c2N)CC1.COCCN1CCC(c2cccc(Cl)c2N)CC1. The molecule has 3 heterocycles. The van der Waals surface area contributed by atoms with Crippen LogP contribution in [0.25, 0.3) is 0 Å². The first-order valence-electron chi connectivity index (χ1n) is 18.9. The summed E-state index contributed by atoms with van der Waals surface area (Å²) >= 11 is 18.2. The van der Waals surface area contributed by atoms with Gasteiger partial charge >= 0.3 is 0 Å². The molecule has 0 atom stereocenters. The van der Waals surface area contributed by atoms with Crippen molar-refractivity contribution in [2.75, 3.05) is 89.8 Å². The lowest BCUT2D eigenvalue weighted by Gasteiger charge is -2.32. The molecule has 51 heavy (non-hydrogen) atoms. The van der Waals surface area contributed by atoms with Crippen LogP contribution in [0.15, 0.2) is 54.6 Å². The summed E-state index contributed by atoms with van der Waals surface area (Å²) in [6.07, 6.45) is 8.32. The Morgan fingerprint density at radius 2 is 0.882 bits per heavy atom. The molecular weight excluding hydrogens is 699 g/mol. The van der Waals surface area contributed by atoms with Crippen LogP contribution in [-0.4, -0.2) is 87.3 Å². The second kappa shape index (κ2) is 21.5. The molecule has 0 amide bonds. The highest BCUT2D eigenvalue weighted by Crippen LogP contribution is 2.37. The minimum absolute atomic E-state index is 0.544. The Morgan fingerprint density at radius 1 is 0.549 bits per heavy atom. The molecule has 0 radical (unpaired) electrons. The maximum Gasteiger partial charge on any atom is 0.0638 e. The zero-order valence-electron chi connectivity index (χ0n) is 31.1. The van der Waals surface area contributed by atoms with Crippen molar-refractivity contribution in [2.45, 2.75) is 76.5 Å². The lowest BCUT2D eigenvalue weighted by atomic mass is 9.88. The fourth-order valence-electron chi connectivity index (χ4n) is 7.76. The van der Waals surface area contributed by atoms with E-state index in [0.29, 0.717) is 32.8 Å². The van der Waals surface area contributed by atoms with E-state index in [-0.39, 0.29) is 0 Å². The van der Waals surface area contributed by atoms with Crippen LogP contribution in [0.2, 0.25) is 15.1 Å². The lowest BCUT2D eigenvalue weighted by Crippen LogP contribution is -2.35. The predicted molar refractivity (Wildman–Crippen MR) is 221 cm³/mol. The predicted octanol–water partition coefficient (Wildman–Crippen LogP) is 9.38. The zero-order valence-corrected chi connectivity index (χ0v) is 33.3. The number of nitrogens with zero attached hydrogens (tertiary/aromatic N) is 3. The second-order valence-corrected chi connectivity index (χ2v) is 15.4. The number of halogens is 3. The Labute approximate surface area is 322 Å². The van der Waals surface area contributed by atoms with Gasteiger partial charge in [-0.15, -0.1) is 0 Å². The number of para-hydroxylation sites is 3. The summed E-state index contributed by atoms with van der Waals surface area (Å²) in [6.45, 7) is 15.6. The summed E-state index contributed by atoms with van der Waals surface area (Å²) in [5.41, 5.74) is 24.2. The number of anilines is 3. The summed E-state index contributed by atoms with van der Waals surface area (Å²) in [5, 5.41) is 2.06. The molecular formula is C41H61Cl3N6O. The van der Waals surface area contributed by atoms with Crippen LogP contribution in [0.4, 0.5) is 17.1 Å². The van der Waals surface area contributed by atoms with Gasteiger partial charge in [0.25, 0.3) is 0 Å². The molecule has 3 aromatic rings. The monoisotopic (exact) mass is 758 g/mol. The zero-order chi connectivity index (χ0) is 36.8. The van der Waals surface area contributed by atoms with E-state index in [1.54, 1.807) is 7.11 Å². The van der Waals surface area contributed by atoms with E-state index >= 15 is 0 Å². The van der Waals surface area contributed by atoms with Crippen molar-refractivity contribution in [3.05, 3.63) is 86.4 Å². The molecule has 3 fully saturated rings. The lowest BCUT2D eigenvalue weighted by molar-refractivity contribution is 0.130. The molecule has 3 aliphatic heterocycles. The van der Waals surface area contributed by atoms with Gasteiger partial charge in [-0.05, 0) is 150 Å². The first-order chi connectivity index (χ1) is 24.7. The van der Waals surface area contributed by atoms with Gasteiger partial charge in [0.1, 0.15) is 0 Å². The third-order valence-electron chi connectivity index (χ3n) is 10.9. The largest absolute Gasteiger partial charge is 0.397 e. The average Bonchev–Trinajstić information content (AvgIpc) is 3.15. The van der Waals surface area contributed by atoms with Crippen LogP contribution in [-0.2, 0) is 4.74 Å². The molecule has 0 bridgehead atoms. The van der Waals surface area contributed by atoms with Crippen molar-refractivity contribution >= 4 is 51.9 Å². The Balaban J connectivity index is 0.000000172. The fourth-order valence-corrected chi connectivity index (χ4v) is 8.31. The minimum Gasteiger partial charge on any atom is -0.397 e. The number of hydrogen-bond donors (Lipinski definition) is 3. The van der Waals surface area contributed by atoms with E-state index in [9.17, 15) is 0 Å². The highest BCUT2D eigenvalue weighted by molar-refractivity contribution is 6.33. The summed E-state index contributed by atoms with van der Waals surface area (Å²) in [4.78, 5) is 7.47. The molecule has 7 nitrogen and oxygen atoms in total. The van der Waals surface area contributed by atoms with Gasteiger partial charge in [-0.25, -0.2) is 0 Å². The van der Waals surface area contributed by atoms with Gasteiger partial charge in [0.2, 0.25) is 0 Å². The van der Waals surface area contributed by atoms with Crippen molar-refractivity contribution < 1.29 is 4.74 Å². The highest BCUT2D eigenvalue weighted by Gasteiger charge is 2.24. The molecule has 0 unspecified atom stereocenters. The summed E-state index contributed by atoms with van der Waals surface area (Å²) in [7, 11) is 1.75. The first-order valence-corrected chi connectivity index (χ1v) is 20.1. The number of rotatable bonds is 9. The van der Waals surface area contributed by atoms with Gasteiger partial charge in [-0.1, -0.05) is 85.0 Å². The van der Waals surface area contributed by atoms with Crippen molar-refractivity contribution in [2.24, 2.45) is 0 Å². The molecule has 0 saturated carbocycles. The molecule has 10 heteroatoms. The second-order valence-electron chi connectivity index (χ2n) is 14.2. The van der Waals surface area contributed by atoms with Crippen LogP contribution in [0.5, 0.6) is 0 Å². The van der Waals surface area contributed by atoms with E-state index in [1.807, 2.05) is 36.4 Å². The van der Waals surface area contributed by atoms with Crippen molar-refractivity contribution in [1.29, 1.82) is 0 Å². The molecule has 3 saturated heterocycles. The molecule has 0 spiro atoms. The van der Waals surface area contributed by atoms with Gasteiger partial charge < -0.3 is 36.6 Å². The van der Waals surface area contributed by atoms with E-state index in [2.05, 4.69) is 46.7 Å². The normalized spacial score (nSPS) is 18.5. The van der Waals surface area contributed by atoms with Crippen LogP contribution in [0, 0.1) is 0 Å². The number of ether oxygens (including phenoxy) is 1. The Morgan fingerprint density at radius 3 is 1.20 bits per heavy atom. The third-order valence-corrected chi connectivity index (χ3v) is 11.9. The molecule has 3 aliphatic rings. The van der Waals surface area contributed by atoms with E-state index < -0.39 is 0 Å². The quantitative estimate of drug-likeness (QED) is 0.187. The van der Waals surface area contributed by atoms with E-state index in [0.717, 1.165) is 62.7 Å². The van der Waals surface area contributed by atoms with E-state index in [1.165, 1.54) is 81.5 Å². The number of hydrogen-bond acceptors (Lipinski definition) is 7. The van der Waals surface area contributed by atoms with E-state index in [4.69, 9.17) is 56.7 Å². The number of nitrogen functional groups attached to an aromatic ring is 3. The Kier molecular flexibility index (Phi) is 17.5. The average molecular weight is 760 g/mol. The maximum absolute atomic E-state index is 6.08. The number of piperidine rings is 3. The molecule has 3 aromatic carbocycles. The molecule has 282 valence electrons. The van der Waals surface area contributed by atoms with Gasteiger partial charge in [0.15, 0.2) is 0 Å². The van der Waals surface area contributed by atoms with Crippen molar-refractivity contribution in [3.8, 4) is 0 Å². The van der Waals surface area contributed by atoms with Gasteiger partial charge in [-0.2, -0.15) is 0 Å². The summed E-state index contributed by atoms with van der Waals surface area (Å²) < 4.78 is 5.11. The van der Waals surface area contributed by atoms with Gasteiger partial charge in [0, 0.05) is 13.7 Å². The smallest absolute Gasteiger partial charge is 0.0638 e. The summed E-state index contributed by atoms with van der Waals surface area (Å²) in [6, 6.07) is 17.9. The number of nitrogens with two attached hydrogens (primary N) is 3. The van der Waals surface area contributed by atoms with Crippen molar-refractivity contribution in [1.82, 2.24) is 14.7 Å². The minimum atomic E-state index is 0.544. The number of methoxy groups -OCH3 is 1. The van der Waals surface area contributed by atoms with Gasteiger partial charge in [-0.3, -0.25) is 0 Å². The molecule has 0 aromatic heterocycles. The topological polar surface area (TPSA) is 97.0 Å². The standard InChI is InChI=1S/C14H21ClN2O.C14H21ClN2.C13H19ClN2/c1-18-10-9-17-7-5-11(6-8-17)12-3-2-4-13(15)14(12)16;1-2-8-17-9-6-11(7-10-17)12-4-3-5-13(15)14(12)16;1-2-16-8-6-10(7-9-16)11-4-3-5-12(14)13(11)15/h2-4,11H,5-10,16H2,1H3;3-5,11H,2,6-10,16H2,1H3;3-5,10H,2,6-9,15H2,1H3. The molecule has 0 aliphatic carbocycles. The van der Waals surface area contributed by atoms with Crippen molar-refractivity contribution in [3.63, 3.8) is 0 Å². The van der Waals surface area contributed by atoms with Crippen LogP contribution < -0.4 is 17.2 Å². The third kappa shape index (κ3) is 12.1. The molecule has 6 N–H and O–H groups in total. The summed E-state index contributed by atoms with van der Waals surface area (Å²) in [5.74, 6) is 1.71. The number of benzene rings is 3. The Hall–Kier alpha value is -2.23. The highest BCUT2D eigenvalue weighted by atomic mass is 35.5. The molecule has 6 rings (SSSR count). The fraction of sp³-hybridized carbons (Fsp3) is 0.561. The maximum atomic E-state index is 6.08. The van der Waals surface area contributed by atoms with Crippen LogP contribution in [0.3, 0.4) is 0 Å². The van der Waals surface area contributed by atoms with Gasteiger partial charge in [0.05, 0.1) is 38.7 Å². The number of likely N-dealkylation sites (tertiary alicyclic amines) is 3.